The van der Waals surface area contributed by atoms with Gasteiger partial charge in [0, 0.05) is 11.5 Å². The van der Waals surface area contributed by atoms with Crippen LogP contribution in [-0.2, 0) is 0 Å². The number of hydrogen-bond acceptors (Lipinski definition) is 2. The Morgan fingerprint density at radius 3 is 2.62 bits per heavy atom. The molecule has 0 spiro atoms. The van der Waals surface area contributed by atoms with E-state index in [0.29, 0.717) is 17.8 Å². The molecule has 0 radical (unpaired) electrons. The lowest BCUT2D eigenvalue weighted by Crippen LogP contribution is -2.47. The van der Waals surface area contributed by atoms with E-state index in [1.54, 1.807) is 0 Å². The number of fused-ring (bicyclic) bond motifs is 6. The van der Waals surface area contributed by atoms with Crippen LogP contribution >= 0.6 is 0 Å². The SMILES string of the molecule is OC1C2CCC(CC2)C1C1c2ccccc2-c2cncn21. The molecule has 1 N–H and O–H groups in total. The van der Waals surface area contributed by atoms with Crippen molar-refractivity contribution in [2.45, 2.75) is 37.8 Å². The number of benzene rings is 1. The molecular weight excluding hydrogens is 260 g/mol. The molecule has 108 valence electrons. The summed E-state index contributed by atoms with van der Waals surface area (Å²) in [5, 5.41) is 10.9. The lowest BCUT2D eigenvalue weighted by Gasteiger charge is -2.49. The highest BCUT2D eigenvalue weighted by Gasteiger charge is 2.49. The topological polar surface area (TPSA) is 38.1 Å². The molecule has 4 aliphatic rings. The minimum atomic E-state index is -0.149. The maximum absolute atomic E-state index is 10.9. The lowest BCUT2D eigenvalue weighted by molar-refractivity contribution is -0.0693. The second kappa shape index (κ2) is 4.20. The van der Waals surface area contributed by atoms with Crippen molar-refractivity contribution in [2.24, 2.45) is 17.8 Å². The van der Waals surface area contributed by atoms with Crippen molar-refractivity contribution in [1.29, 1.82) is 0 Å². The molecule has 3 nitrogen and oxygen atoms in total. The van der Waals surface area contributed by atoms with Crippen molar-refractivity contribution in [3.05, 3.63) is 42.4 Å². The van der Waals surface area contributed by atoms with Crippen molar-refractivity contribution in [3.8, 4) is 11.3 Å². The molecule has 2 aromatic rings. The summed E-state index contributed by atoms with van der Waals surface area (Å²) in [6.45, 7) is 0. The first-order valence-corrected chi connectivity index (χ1v) is 8.14. The Morgan fingerprint density at radius 2 is 1.81 bits per heavy atom. The van der Waals surface area contributed by atoms with Gasteiger partial charge in [-0.2, -0.15) is 0 Å². The van der Waals surface area contributed by atoms with Crippen molar-refractivity contribution in [3.63, 3.8) is 0 Å². The number of aromatic nitrogens is 2. The minimum Gasteiger partial charge on any atom is -0.392 e. The highest BCUT2D eigenvalue weighted by molar-refractivity contribution is 5.69. The Morgan fingerprint density at radius 1 is 1.05 bits per heavy atom. The monoisotopic (exact) mass is 280 g/mol. The standard InChI is InChI=1S/C18H20N2O/c21-18-12-7-5-11(6-8-12)16(18)17-14-4-2-1-3-13(14)15-9-19-10-20(15)17/h1-4,9-12,16-18,21H,5-8H2. The Labute approximate surface area is 124 Å². The molecular formula is C18H20N2O. The van der Waals surface area contributed by atoms with Gasteiger partial charge in [0.1, 0.15) is 0 Å². The van der Waals surface area contributed by atoms with Gasteiger partial charge < -0.3 is 9.67 Å². The fourth-order valence-corrected chi connectivity index (χ4v) is 5.17. The normalized spacial score (nSPS) is 36.5. The number of rotatable bonds is 1. The highest BCUT2D eigenvalue weighted by Crippen LogP contribution is 2.54. The second-order valence-electron chi connectivity index (χ2n) is 6.96. The number of hydrogen-bond donors (Lipinski definition) is 1. The second-order valence-corrected chi connectivity index (χ2v) is 6.96. The third-order valence-corrected chi connectivity index (χ3v) is 6.12. The van der Waals surface area contributed by atoms with Gasteiger partial charge in [-0.1, -0.05) is 24.3 Å². The molecule has 1 aromatic carbocycles. The zero-order chi connectivity index (χ0) is 14.0. The van der Waals surface area contributed by atoms with Crippen LogP contribution in [0.3, 0.4) is 0 Å². The third-order valence-electron chi connectivity index (χ3n) is 6.12. The summed E-state index contributed by atoms with van der Waals surface area (Å²) in [6, 6.07) is 8.93. The summed E-state index contributed by atoms with van der Waals surface area (Å²) in [6.07, 6.45) is 8.77. The van der Waals surface area contributed by atoms with Crippen LogP contribution in [0.1, 0.15) is 37.3 Å². The molecule has 0 saturated heterocycles. The van der Waals surface area contributed by atoms with Crippen LogP contribution in [0.5, 0.6) is 0 Å². The van der Waals surface area contributed by atoms with E-state index in [-0.39, 0.29) is 12.1 Å². The Bertz CT molecular complexity index is 682. The van der Waals surface area contributed by atoms with Crippen molar-refractivity contribution in [2.75, 3.05) is 0 Å². The molecule has 3 heteroatoms. The van der Waals surface area contributed by atoms with E-state index in [1.165, 1.54) is 42.5 Å². The predicted octanol–water partition coefficient (Wildman–Crippen LogP) is 3.25. The fraction of sp³-hybridized carbons (Fsp3) is 0.500. The number of aliphatic hydroxyl groups excluding tert-OH is 1. The summed E-state index contributed by atoms with van der Waals surface area (Å²) < 4.78 is 2.30. The molecule has 21 heavy (non-hydrogen) atoms. The van der Waals surface area contributed by atoms with Crippen LogP contribution in [0, 0.1) is 17.8 Å². The van der Waals surface area contributed by atoms with Gasteiger partial charge in [0.15, 0.2) is 0 Å². The molecule has 0 amide bonds. The van der Waals surface area contributed by atoms with Gasteiger partial charge in [-0.15, -0.1) is 0 Å². The molecule has 1 aliphatic heterocycles. The summed E-state index contributed by atoms with van der Waals surface area (Å²) in [5.41, 5.74) is 3.89. The number of imidazole rings is 1. The van der Waals surface area contributed by atoms with E-state index in [4.69, 9.17) is 0 Å². The Kier molecular flexibility index (Phi) is 2.40. The summed E-state index contributed by atoms with van der Waals surface area (Å²) in [7, 11) is 0. The van der Waals surface area contributed by atoms with E-state index in [2.05, 4.69) is 33.8 Å². The first-order chi connectivity index (χ1) is 10.3. The average Bonchev–Trinajstić information content (AvgIpc) is 3.10. The molecule has 3 saturated carbocycles. The molecule has 6 rings (SSSR count). The van der Waals surface area contributed by atoms with Gasteiger partial charge in [0.25, 0.3) is 0 Å². The van der Waals surface area contributed by atoms with Gasteiger partial charge in [-0.25, -0.2) is 4.98 Å². The summed E-state index contributed by atoms with van der Waals surface area (Å²) in [4.78, 5) is 4.36. The molecule has 3 fully saturated rings. The van der Waals surface area contributed by atoms with Crippen LogP contribution in [-0.4, -0.2) is 20.8 Å². The van der Waals surface area contributed by atoms with Crippen molar-refractivity contribution < 1.29 is 5.11 Å². The van der Waals surface area contributed by atoms with Crippen molar-refractivity contribution in [1.82, 2.24) is 9.55 Å². The van der Waals surface area contributed by atoms with Crippen LogP contribution in [0.4, 0.5) is 0 Å². The zero-order valence-corrected chi connectivity index (χ0v) is 12.0. The quantitative estimate of drug-likeness (QED) is 0.870. The fourth-order valence-electron chi connectivity index (χ4n) is 5.17. The van der Waals surface area contributed by atoms with Crippen LogP contribution < -0.4 is 0 Å². The molecule has 1 aromatic heterocycles. The summed E-state index contributed by atoms with van der Waals surface area (Å²) >= 11 is 0. The average molecular weight is 280 g/mol. The number of nitrogens with zero attached hydrogens (tertiary/aromatic N) is 2. The van der Waals surface area contributed by atoms with Gasteiger partial charge in [0.2, 0.25) is 0 Å². The van der Waals surface area contributed by atoms with Crippen LogP contribution in [0.2, 0.25) is 0 Å². The molecule has 3 aliphatic carbocycles. The Balaban J connectivity index is 1.67. The zero-order valence-electron chi connectivity index (χ0n) is 12.0. The van der Waals surface area contributed by atoms with E-state index in [0.717, 1.165) is 0 Å². The Hall–Kier alpha value is -1.61. The maximum Gasteiger partial charge on any atom is 0.0956 e. The summed E-state index contributed by atoms with van der Waals surface area (Å²) in [5.74, 6) is 1.53. The molecule has 3 atom stereocenters. The van der Waals surface area contributed by atoms with Crippen molar-refractivity contribution >= 4 is 0 Å². The lowest BCUT2D eigenvalue weighted by atomic mass is 9.60. The largest absolute Gasteiger partial charge is 0.392 e. The number of aliphatic hydroxyl groups is 1. The molecule has 2 bridgehead atoms. The van der Waals surface area contributed by atoms with E-state index in [1.807, 2.05) is 12.5 Å². The van der Waals surface area contributed by atoms with E-state index >= 15 is 0 Å². The smallest absolute Gasteiger partial charge is 0.0956 e. The van der Waals surface area contributed by atoms with Gasteiger partial charge in [-0.05, 0) is 43.1 Å². The van der Waals surface area contributed by atoms with E-state index in [9.17, 15) is 5.11 Å². The van der Waals surface area contributed by atoms with Crippen LogP contribution in [0.15, 0.2) is 36.8 Å². The first-order valence-electron chi connectivity index (χ1n) is 8.14. The molecule has 2 heterocycles. The maximum atomic E-state index is 10.9. The van der Waals surface area contributed by atoms with Gasteiger partial charge in [0.05, 0.1) is 30.4 Å². The van der Waals surface area contributed by atoms with Crippen LogP contribution in [0.25, 0.3) is 11.3 Å². The minimum absolute atomic E-state index is 0.149. The van der Waals surface area contributed by atoms with E-state index < -0.39 is 0 Å². The predicted molar refractivity (Wildman–Crippen MR) is 80.7 cm³/mol. The third kappa shape index (κ3) is 1.50. The highest BCUT2D eigenvalue weighted by atomic mass is 16.3. The van der Waals surface area contributed by atoms with Gasteiger partial charge >= 0.3 is 0 Å². The van der Waals surface area contributed by atoms with Gasteiger partial charge in [-0.3, -0.25) is 0 Å². The first kappa shape index (κ1) is 12.0. The molecule has 3 unspecified atom stereocenters.